The van der Waals surface area contributed by atoms with Gasteiger partial charge < -0.3 is 21.1 Å². The molecule has 0 aliphatic carbocycles. The van der Waals surface area contributed by atoms with E-state index in [9.17, 15) is 14.4 Å². The van der Waals surface area contributed by atoms with E-state index < -0.39 is 30.6 Å². The summed E-state index contributed by atoms with van der Waals surface area (Å²) in [5, 5.41) is 5.32. The van der Waals surface area contributed by atoms with Crippen LogP contribution < -0.4 is 16.4 Å². The van der Waals surface area contributed by atoms with Gasteiger partial charge in [-0.05, 0) is 36.6 Å². The van der Waals surface area contributed by atoms with E-state index in [1.807, 2.05) is 6.26 Å². The van der Waals surface area contributed by atoms with Gasteiger partial charge in [0.1, 0.15) is 6.04 Å². The Balaban J connectivity index is 2.48. The van der Waals surface area contributed by atoms with Crippen LogP contribution in [0.2, 0.25) is 5.02 Å². The van der Waals surface area contributed by atoms with E-state index in [4.69, 9.17) is 22.1 Å². The van der Waals surface area contributed by atoms with Gasteiger partial charge in [0.05, 0.1) is 0 Å². The Bertz CT molecular complexity index is 571. The standard InChI is InChI=1S/C14H18ClN3O4S/c1-23-6-5-11(18-14(16)21)13(20)22-8-12(19)17-10-4-2-3-9(15)7-10/h2-4,7,11H,5-6,8H2,1H3,(H,17,19)(H3,16,18,21)/t11-/m0/s1. The predicted molar refractivity (Wildman–Crippen MR) is 90.5 cm³/mol. The molecule has 126 valence electrons. The second kappa shape index (κ2) is 9.96. The molecule has 0 fully saturated rings. The molecule has 1 aromatic carbocycles. The number of nitrogens with one attached hydrogen (secondary N) is 2. The number of benzene rings is 1. The summed E-state index contributed by atoms with van der Waals surface area (Å²) in [7, 11) is 0. The Hall–Kier alpha value is -1.93. The molecule has 1 rings (SSSR count). The molecule has 1 atom stereocenters. The van der Waals surface area contributed by atoms with Crippen molar-refractivity contribution < 1.29 is 19.1 Å². The van der Waals surface area contributed by atoms with Crippen molar-refractivity contribution in [1.82, 2.24) is 5.32 Å². The normalized spacial score (nSPS) is 11.4. The number of ether oxygens (including phenoxy) is 1. The van der Waals surface area contributed by atoms with Gasteiger partial charge in [-0.1, -0.05) is 17.7 Å². The van der Waals surface area contributed by atoms with E-state index in [1.54, 1.807) is 24.3 Å². The zero-order valence-corrected chi connectivity index (χ0v) is 14.1. The van der Waals surface area contributed by atoms with E-state index in [0.717, 1.165) is 0 Å². The molecule has 0 heterocycles. The van der Waals surface area contributed by atoms with Gasteiger partial charge in [0.15, 0.2) is 6.61 Å². The molecule has 0 unspecified atom stereocenters. The van der Waals surface area contributed by atoms with Crippen LogP contribution in [0.5, 0.6) is 0 Å². The van der Waals surface area contributed by atoms with Crippen LogP contribution >= 0.6 is 23.4 Å². The first-order chi connectivity index (χ1) is 10.9. The highest BCUT2D eigenvalue weighted by Crippen LogP contribution is 2.14. The van der Waals surface area contributed by atoms with Crippen LogP contribution in [-0.4, -0.2) is 42.6 Å². The lowest BCUT2D eigenvalue weighted by atomic mass is 10.2. The number of anilines is 1. The number of amides is 3. The van der Waals surface area contributed by atoms with Crippen LogP contribution in [0.1, 0.15) is 6.42 Å². The molecule has 0 bridgehead atoms. The topological polar surface area (TPSA) is 111 Å². The molecule has 0 spiro atoms. The Labute approximate surface area is 143 Å². The Kier molecular flexibility index (Phi) is 8.28. The number of carbonyl (C=O) groups excluding carboxylic acids is 3. The fraction of sp³-hybridized carbons (Fsp3) is 0.357. The molecule has 0 aliphatic rings. The van der Waals surface area contributed by atoms with E-state index in [-0.39, 0.29) is 0 Å². The van der Waals surface area contributed by atoms with E-state index >= 15 is 0 Å². The highest BCUT2D eigenvalue weighted by molar-refractivity contribution is 7.98. The Morgan fingerprint density at radius 2 is 2.13 bits per heavy atom. The lowest BCUT2D eigenvalue weighted by molar-refractivity contribution is -0.149. The van der Waals surface area contributed by atoms with Gasteiger partial charge in [-0.3, -0.25) is 4.79 Å². The largest absolute Gasteiger partial charge is 0.454 e. The third-order valence-electron chi connectivity index (χ3n) is 2.67. The van der Waals surface area contributed by atoms with E-state index in [1.165, 1.54) is 11.8 Å². The number of halogens is 1. The number of hydrogen-bond donors (Lipinski definition) is 3. The molecule has 4 N–H and O–H groups in total. The number of hydrogen-bond acceptors (Lipinski definition) is 5. The second-order valence-corrected chi connectivity index (χ2v) is 5.93. The summed E-state index contributed by atoms with van der Waals surface area (Å²) in [6.07, 6.45) is 2.23. The maximum Gasteiger partial charge on any atom is 0.329 e. The molecule has 7 nitrogen and oxygen atoms in total. The minimum Gasteiger partial charge on any atom is -0.454 e. The number of esters is 1. The Morgan fingerprint density at radius 1 is 1.39 bits per heavy atom. The van der Waals surface area contributed by atoms with Crippen LogP contribution in [-0.2, 0) is 14.3 Å². The van der Waals surface area contributed by atoms with Crippen LogP contribution in [0.25, 0.3) is 0 Å². The fourth-order valence-electron chi connectivity index (χ4n) is 1.66. The molecule has 3 amide bonds. The lowest BCUT2D eigenvalue weighted by Crippen LogP contribution is -2.45. The van der Waals surface area contributed by atoms with Crippen molar-refractivity contribution in [2.45, 2.75) is 12.5 Å². The predicted octanol–water partition coefficient (Wildman–Crippen LogP) is 1.61. The van der Waals surface area contributed by atoms with Crippen LogP contribution in [0.3, 0.4) is 0 Å². The highest BCUT2D eigenvalue weighted by Gasteiger charge is 2.21. The number of nitrogens with two attached hydrogens (primary N) is 1. The van der Waals surface area contributed by atoms with E-state index in [2.05, 4.69) is 10.6 Å². The van der Waals surface area contributed by atoms with Crippen molar-refractivity contribution in [3.63, 3.8) is 0 Å². The van der Waals surface area contributed by atoms with E-state index in [0.29, 0.717) is 22.9 Å². The van der Waals surface area contributed by atoms with Crippen molar-refractivity contribution in [3.8, 4) is 0 Å². The molecular weight excluding hydrogens is 342 g/mol. The summed E-state index contributed by atoms with van der Waals surface area (Å²) in [5.41, 5.74) is 5.51. The molecule has 0 saturated heterocycles. The molecule has 0 aliphatic heterocycles. The van der Waals surface area contributed by atoms with Gasteiger partial charge in [0, 0.05) is 10.7 Å². The summed E-state index contributed by atoms with van der Waals surface area (Å²) in [6, 6.07) is 4.87. The first kappa shape index (κ1) is 19.1. The van der Waals surface area contributed by atoms with Gasteiger partial charge in [0.25, 0.3) is 5.91 Å². The van der Waals surface area contributed by atoms with Crippen molar-refractivity contribution >= 4 is 47.0 Å². The zero-order chi connectivity index (χ0) is 17.2. The average Bonchev–Trinajstić information content (AvgIpc) is 2.48. The monoisotopic (exact) mass is 359 g/mol. The minimum absolute atomic E-state index is 0.360. The molecule has 0 saturated carbocycles. The first-order valence-corrected chi connectivity index (χ1v) is 8.46. The van der Waals surface area contributed by atoms with Crippen molar-refractivity contribution in [3.05, 3.63) is 29.3 Å². The number of carbonyl (C=O) groups is 3. The maximum atomic E-state index is 11.9. The van der Waals surface area contributed by atoms with Crippen molar-refractivity contribution in [1.29, 1.82) is 0 Å². The third kappa shape index (κ3) is 7.75. The van der Waals surface area contributed by atoms with Crippen molar-refractivity contribution in [2.24, 2.45) is 5.73 Å². The Morgan fingerprint density at radius 3 is 2.74 bits per heavy atom. The zero-order valence-electron chi connectivity index (χ0n) is 12.5. The second-order valence-electron chi connectivity index (χ2n) is 4.51. The van der Waals surface area contributed by atoms with Gasteiger partial charge in [-0.15, -0.1) is 0 Å². The number of primary amides is 1. The maximum absolute atomic E-state index is 11.9. The summed E-state index contributed by atoms with van der Waals surface area (Å²) in [5.74, 6) is -0.586. The van der Waals surface area contributed by atoms with Crippen LogP contribution in [0.15, 0.2) is 24.3 Å². The highest BCUT2D eigenvalue weighted by atomic mass is 35.5. The smallest absolute Gasteiger partial charge is 0.329 e. The molecule has 9 heteroatoms. The fourth-order valence-corrected chi connectivity index (χ4v) is 2.32. The van der Waals surface area contributed by atoms with Crippen LogP contribution in [0, 0.1) is 0 Å². The minimum atomic E-state index is -0.876. The van der Waals surface area contributed by atoms with Gasteiger partial charge >= 0.3 is 12.0 Å². The molecule has 0 radical (unpaired) electrons. The molecule has 0 aromatic heterocycles. The number of urea groups is 1. The van der Waals surface area contributed by atoms with Gasteiger partial charge in [0.2, 0.25) is 0 Å². The van der Waals surface area contributed by atoms with Crippen molar-refractivity contribution in [2.75, 3.05) is 23.9 Å². The molecule has 1 aromatic rings. The van der Waals surface area contributed by atoms with Gasteiger partial charge in [-0.2, -0.15) is 11.8 Å². The summed E-state index contributed by atoms with van der Waals surface area (Å²) < 4.78 is 4.90. The third-order valence-corrected chi connectivity index (χ3v) is 3.54. The molecular formula is C14H18ClN3O4S. The summed E-state index contributed by atoms with van der Waals surface area (Å²) in [6.45, 7) is -0.471. The average molecular weight is 360 g/mol. The lowest BCUT2D eigenvalue weighted by Gasteiger charge is -2.15. The summed E-state index contributed by atoms with van der Waals surface area (Å²) >= 11 is 7.31. The first-order valence-electron chi connectivity index (χ1n) is 6.69. The molecule has 23 heavy (non-hydrogen) atoms. The SMILES string of the molecule is CSCC[C@H](NC(N)=O)C(=O)OCC(=O)Nc1cccc(Cl)c1. The number of rotatable bonds is 8. The van der Waals surface area contributed by atoms with Crippen LogP contribution in [0.4, 0.5) is 10.5 Å². The van der Waals surface area contributed by atoms with Gasteiger partial charge in [-0.25, -0.2) is 9.59 Å². The summed E-state index contributed by atoms with van der Waals surface area (Å²) in [4.78, 5) is 34.5. The number of thioether (sulfide) groups is 1. The quantitative estimate of drug-likeness (QED) is 0.611.